The van der Waals surface area contributed by atoms with Gasteiger partial charge in [-0.05, 0) is 38.8 Å². The van der Waals surface area contributed by atoms with E-state index in [4.69, 9.17) is 11.6 Å². The van der Waals surface area contributed by atoms with Crippen LogP contribution in [0.25, 0.3) is 0 Å². The van der Waals surface area contributed by atoms with Crippen molar-refractivity contribution in [1.29, 1.82) is 0 Å². The standard InChI is InChI=1S/C14H23ClN4O/c1-16-7-4-8-18(2)13-12(15)9-17-19(14(13)20)10-11-5-3-6-11/h9,11,16H,3-8,10H2,1-2H3. The van der Waals surface area contributed by atoms with Gasteiger partial charge in [-0.15, -0.1) is 0 Å². The molecule has 1 aliphatic rings. The van der Waals surface area contributed by atoms with E-state index in [-0.39, 0.29) is 5.56 Å². The molecule has 2 rings (SSSR count). The minimum absolute atomic E-state index is 0.0728. The Hall–Kier alpha value is -1.07. The summed E-state index contributed by atoms with van der Waals surface area (Å²) in [7, 11) is 3.83. The lowest BCUT2D eigenvalue weighted by molar-refractivity contribution is 0.262. The fraction of sp³-hybridized carbons (Fsp3) is 0.714. The highest BCUT2D eigenvalue weighted by Gasteiger charge is 2.21. The molecule has 1 fully saturated rings. The third-order valence-electron chi connectivity index (χ3n) is 3.93. The van der Waals surface area contributed by atoms with Crippen molar-refractivity contribution < 1.29 is 0 Å². The smallest absolute Gasteiger partial charge is 0.291 e. The van der Waals surface area contributed by atoms with Crippen molar-refractivity contribution in [3.63, 3.8) is 0 Å². The van der Waals surface area contributed by atoms with E-state index in [2.05, 4.69) is 10.4 Å². The van der Waals surface area contributed by atoms with E-state index in [9.17, 15) is 4.79 Å². The molecule has 1 saturated carbocycles. The highest BCUT2D eigenvalue weighted by molar-refractivity contribution is 6.33. The van der Waals surface area contributed by atoms with E-state index in [1.807, 2.05) is 19.0 Å². The number of hydrogen-bond donors (Lipinski definition) is 1. The maximum absolute atomic E-state index is 12.5. The summed E-state index contributed by atoms with van der Waals surface area (Å²) < 4.78 is 1.57. The third kappa shape index (κ3) is 3.52. The lowest BCUT2D eigenvalue weighted by Crippen LogP contribution is -2.34. The van der Waals surface area contributed by atoms with Crippen molar-refractivity contribution >= 4 is 17.3 Å². The maximum Gasteiger partial charge on any atom is 0.291 e. The Bertz CT molecular complexity index is 498. The summed E-state index contributed by atoms with van der Waals surface area (Å²) in [6, 6.07) is 0. The summed E-state index contributed by atoms with van der Waals surface area (Å²) in [5.74, 6) is 0.601. The Morgan fingerprint density at radius 1 is 1.55 bits per heavy atom. The van der Waals surface area contributed by atoms with Crippen LogP contribution >= 0.6 is 11.6 Å². The Morgan fingerprint density at radius 3 is 2.90 bits per heavy atom. The zero-order valence-corrected chi connectivity index (χ0v) is 13.0. The van der Waals surface area contributed by atoms with E-state index >= 15 is 0 Å². The number of nitrogens with zero attached hydrogens (tertiary/aromatic N) is 3. The van der Waals surface area contributed by atoms with Gasteiger partial charge in [-0.1, -0.05) is 18.0 Å². The summed E-state index contributed by atoms with van der Waals surface area (Å²) in [5.41, 5.74) is 0.494. The molecular weight excluding hydrogens is 276 g/mol. The Labute approximate surface area is 124 Å². The minimum Gasteiger partial charge on any atom is -0.369 e. The number of aromatic nitrogens is 2. The average Bonchev–Trinajstić information content (AvgIpc) is 2.36. The molecule has 112 valence electrons. The molecule has 6 heteroatoms. The lowest BCUT2D eigenvalue weighted by atomic mass is 9.85. The lowest BCUT2D eigenvalue weighted by Gasteiger charge is -2.26. The first-order chi connectivity index (χ1) is 9.63. The van der Waals surface area contributed by atoms with Gasteiger partial charge < -0.3 is 10.2 Å². The summed E-state index contributed by atoms with van der Waals surface area (Å²) in [6.45, 7) is 2.43. The second-order valence-electron chi connectivity index (χ2n) is 5.50. The Morgan fingerprint density at radius 2 is 2.30 bits per heavy atom. The van der Waals surface area contributed by atoms with Gasteiger partial charge in [-0.2, -0.15) is 5.10 Å². The predicted molar refractivity (Wildman–Crippen MR) is 82.7 cm³/mol. The van der Waals surface area contributed by atoms with Crippen molar-refractivity contribution in [2.45, 2.75) is 32.2 Å². The predicted octanol–water partition coefficient (Wildman–Crippen LogP) is 1.74. The molecule has 1 aliphatic carbocycles. The number of nitrogens with one attached hydrogen (secondary N) is 1. The van der Waals surface area contributed by atoms with Crippen molar-refractivity contribution in [1.82, 2.24) is 15.1 Å². The van der Waals surface area contributed by atoms with E-state index < -0.39 is 0 Å². The molecule has 1 N–H and O–H groups in total. The molecule has 0 bridgehead atoms. The van der Waals surface area contributed by atoms with E-state index in [0.717, 1.165) is 19.5 Å². The molecule has 0 amide bonds. The summed E-state index contributed by atoms with van der Waals surface area (Å²) >= 11 is 6.16. The van der Waals surface area contributed by atoms with Crippen molar-refractivity contribution in [3.05, 3.63) is 21.6 Å². The van der Waals surface area contributed by atoms with Gasteiger partial charge in [0, 0.05) is 20.1 Å². The number of halogens is 1. The number of rotatable bonds is 7. The van der Waals surface area contributed by atoms with Crippen LogP contribution in [-0.2, 0) is 6.54 Å². The fourth-order valence-corrected chi connectivity index (χ4v) is 2.73. The van der Waals surface area contributed by atoms with Gasteiger partial charge >= 0.3 is 0 Å². The molecule has 0 atom stereocenters. The Kier molecular flexibility index (Phi) is 5.43. The van der Waals surface area contributed by atoms with Crippen molar-refractivity contribution in [2.75, 3.05) is 32.1 Å². The Balaban J connectivity index is 2.13. The zero-order chi connectivity index (χ0) is 14.5. The van der Waals surface area contributed by atoms with Crippen LogP contribution in [0.15, 0.2) is 11.0 Å². The van der Waals surface area contributed by atoms with Crippen LogP contribution in [0.5, 0.6) is 0 Å². The number of anilines is 1. The summed E-state index contributed by atoms with van der Waals surface area (Å²) in [5, 5.41) is 7.71. The monoisotopic (exact) mass is 298 g/mol. The zero-order valence-electron chi connectivity index (χ0n) is 12.2. The first-order valence-electron chi connectivity index (χ1n) is 7.25. The minimum atomic E-state index is -0.0728. The van der Waals surface area contributed by atoms with Crippen molar-refractivity contribution in [2.24, 2.45) is 5.92 Å². The molecule has 5 nitrogen and oxygen atoms in total. The van der Waals surface area contributed by atoms with Gasteiger partial charge in [0.1, 0.15) is 5.69 Å². The van der Waals surface area contributed by atoms with Gasteiger partial charge in [0.15, 0.2) is 0 Å². The van der Waals surface area contributed by atoms with Gasteiger partial charge in [0.25, 0.3) is 5.56 Å². The molecule has 0 unspecified atom stereocenters. The molecule has 0 radical (unpaired) electrons. The maximum atomic E-state index is 12.5. The van der Waals surface area contributed by atoms with Crippen LogP contribution in [0.2, 0.25) is 5.02 Å². The summed E-state index contributed by atoms with van der Waals surface area (Å²) in [4.78, 5) is 14.4. The van der Waals surface area contributed by atoms with E-state index in [0.29, 0.717) is 23.2 Å². The van der Waals surface area contributed by atoms with Gasteiger partial charge in [-0.25, -0.2) is 4.68 Å². The van der Waals surface area contributed by atoms with Gasteiger partial charge in [0.05, 0.1) is 11.2 Å². The highest BCUT2D eigenvalue weighted by atomic mass is 35.5. The van der Waals surface area contributed by atoms with Crippen LogP contribution in [-0.4, -0.2) is 37.0 Å². The van der Waals surface area contributed by atoms with Crippen LogP contribution < -0.4 is 15.8 Å². The topological polar surface area (TPSA) is 50.2 Å². The summed E-state index contributed by atoms with van der Waals surface area (Å²) in [6.07, 6.45) is 6.22. The SMILES string of the molecule is CNCCCN(C)c1c(Cl)cnn(CC2CCC2)c1=O. The molecule has 0 spiro atoms. The third-order valence-corrected chi connectivity index (χ3v) is 4.21. The molecule has 0 saturated heterocycles. The fourth-order valence-electron chi connectivity index (χ4n) is 2.46. The van der Waals surface area contributed by atoms with Crippen LogP contribution in [0.3, 0.4) is 0 Å². The molecule has 0 aliphatic heterocycles. The van der Waals surface area contributed by atoms with Crippen molar-refractivity contribution in [3.8, 4) is 0 Å². The molecule has 20 heavy (non-hydrogen) atoms. The highest BCUT2D eigenvalue weighted by Crippen LogP contribution is 2.27. The molecule has 1 heterocycles. The normalized spacial score (nSPS) is 15.2. The second kappa shape index (κ2) is 7.09. The van der Waals surface area contributed by atoms with Gasteiger partial charge in [0.2, 0.25) is 0 Å². The van der Waals surface area contributed by atoms with E-state index in [1.54, 1.807) is 10.9 Å². The van der Waals surface area contributed by atoms with E-state index in [1.165, 1.54) is 19.3 Å². The molecule has 1 aromatic heterocycles. The quantitative estimate of drug-likeness (QED) is 0.779. The van der Waals surface area contributed by atoms with Crippen LogP contribution in [0.4, 0.5) is 5.69 Å². The molecule has 0 aromatic carbocycles. The molecular formula is C14H23ClN4O. The van der Waals surface area contributed by atoms with Crippen LogP contribution in [0, 0.1) is 5.92 Å². The largest absolute Gasteiger partial charge is 0.369 e. The second-order valence-corrected chi connectivity index (χ2v) is 5.91. The average molecular weight is 299 g/mol. The first kappa shape index (κ1) is 15.3. The number of hydrogen-bond acceptors (Lipinski definition) is 4. The molecule has 1 aromatic rings. The first-order valence-corrected chi connectivity index (χ1v) is 7.62. The van der Waals surface area contributed by atoms with Gasteiger partial charge in [-0.3, -0.25) is 4.79 Å². The van der Waals surface area contributed by atoms with Crippen LogP contribution in [0.1, 0.15) is 25.7 Å².